The second kappa shape index (κ2) is 27.2. The number of ether oxygens (including phenoxy) is 1. The fourth-order valence-electron chi connectivity index (χ4n) is 5.05. The molecule has 0 aliphatic rings. The van der Waals surface area contributed by atoms with Crippen molar-refractivity contribution in [2.75, 3.05) is 0 Å². The van der Waals surface area contributed by atoms with E-state index in [4.69, 9.17) is 4.74 Å². The van der Waals surface area contributed by atoms with Gasteiger partial charge in [-0.2, -0.15) is 0 Å². The highest BCUT2D eigenvalue weighted by Crippen LogP contribution is 2.22. The van der Waals surface area contributed by atoms with Crippen molar-refractivity contribution in [2.24, 2.45) is 11.8 Å². The van der Waals surface area contributed by atoms with Crippen molar-refractivity contribution in [1.29, 1.82) is 0 Å². The number of hydrogen-bond acceptors (Lipinski definition) is 3. The van der Waals surface area contributed by atoms with Crippen molar-refractivity contribution in [3.8, 4) is 0 Å². The van der Waals surface area contributed by atoms with Gasteiger partial charge in [0.15, 0.2) is 0 Å². The molecule has 0 rings (SSSR count). The van der Waals surface area contributed by atoms with Crippen LogP contribution in [0.3, 0.4) is 0 Å². The summed E-state index contributed by atoms with van der Waals surface area (Å²) < 4.78 is 5.38. The van der Waals surface area contributed by atoms with E-state index in [1.165, 1.54) is 116 Å². The third-order valence-corrected chi connectivity index (χ3v) is 7.74. The van der Waals surface area contributed by atoms with Crippen LogP contribution in [0.2, 0.25) is 0 Å². The lowest BCUT2D eigenvalue weighted by molar-refractivity contribution is -0.165. The van der Waals surface area contributed by atoms with E-state index in [-0.39, 0.29) is 23.8 Å². The van der Waals surface area contributed by atoms with Gasteiger partial charge in [-0.1, -0.05) is 169 Å². The molecular weight excluding hydrogens is 444 g/mol. The minimum Gasteiger partial charge on any atom is -0.393 e. The van der Waals surface area contributed by atoms with E-state index in [0.717, 1.165) is 44.9 Å². The Bertz CT molecular complexity index is 487. The summed E-state index contributed by atoms with van der Waals surface area (Å²) in [7, 11) is 0. The van der Waals surface area contributed by atoms with E-state index >= 15 is 0 Å². The molecule has 0 heterocycles. The molecular formula is C33H64O3. The Balaban J connectivity index is 4.25. The quantitative estimate of drug-likeness (QED) is 0.0629. The van der Waals surface area contributed by atoms with E-state index in [1.54, 1.807) is 0 Å². The standard InChI is InChI=1S/C33H64O3/c1-5-8-11-13-15-17-18-20-22-24-26-29-31(28-25-23-21-19-16-14-12-9-6-2)33(35)36-32(34)30(4)27-10-7-3/h30-31H,5-29H2,1-4H3. The summed E-state index contributed by atoms with van der Waals surface area (Å²) >= 11 is 0. The Kier molecular flexibility index (Phi) is 26.5. The highest BCUT2D eigenvalue weighted by atomic mass is 16.6. The predicted octanol–water partition coefficient (Wildman–Crippen LogP) is 11.1. The van der Waals surface area contributed by atoms with Gasteiger partial charge < -0.3 is 4.74 Å². The first kappa shape index (κ1) is 35.1. The molecule has 0 aromatic heterocycles. The first-order valence-electron chi connectivity index (χ1n) is 16.3. The van der Waals surface area contributed by atoms with Crippen LogP contribution in [0.1, 0.15) is 188 Å². The van der Waals surface area contributed by atoms with Crippen molar-refractivity contribution in [3.05, 3.63) is 0 Å². The molecule has 0 saturated heterocycles. The Morgan fingerprint density at radius 2 is 0.778 bits per heavy atom. The number of rotatable bonds is 27. The molecule has 0 aromatic carbocycles. The summed E-state index contributed by atoms with van der Waals surface area (Å²) in [6, 6.07) is 0. The molecule has 0 aliphatic carbocycles. The number of esters is 2. The largest absolute Gasteiger partial charge is 0.393 e. The molecule has 2 atom stereocenters. The van der Waals surface area contributed by atoms with E-state index in [9.17, 15) is 9.59 Å². The van der Waals surface area contributed by atoms with Crippen LogP contribution in [0.25, 0.3) is 0 Å². The highest BCUT2D eigenvalue weighted by molar-refractivity contribution is 5.87. The number of carbonyl (C=O) groups is 2. The maximum Gasteiger partial charge on any atom is 0.316 e. The minimum absolute atomic E-state index is 0.101. The average molecular weight is 509 g/mol. The molecule has 0 amide bonds. The van der Waals surface area contributed by atoms with Gasteiger partial charge in [-0.15, -0.1) is 0 Å². The van der Waals surface area contributed by atoms with E-state index in [0.29, 0.717) is 0 Å². The van der Waals surface area contributed by atoms with Gasteiger partial charge in [-0.25, -0.2) is 0 Å². The third kappa shape index (κ3) is 22.3. The van der Waals surface area contributed by atoms with Gasteiger partial charge in [0.2, 0.25) is 0 Å². The molecule has 3 nitrogen and oxygen atoms in total. The zero-order valence-corrected chi connectivity index (χ0v) is 25.1. The highest BCUT2D eigenvalue weighted by Gasteiger charge is 2.24. The third-order valence-electron chi connectivity index (χ3n) is 7.74. The van der Waals surface area contributed by atoms with Crippen molar-refractivity contribution in [3.63, 3.8) is 0 Å². The summed E-state index contributed by atoms with van der Waals surface area (Å²) in [5.74, 6) is -0.848. The fourth-order valence-corrected chi connectivity index (χ4v) is 5.05. The average Bonchev–Trinajstić information content (AvgIpc) is 2.87. The summed E-state index contributed by atoms with van der Waals surface area (Å²) in [5, 5.41) is 0. The van der Waals surface area contributed by atoms with Crippen LogP contribution in [0, 0.1) is 11.8 Å². The summed E-state index contributed by atoms with van der Waals surface area (Å²) in [4.78, 5) is 25.3. The normalized spacial score (nSPS) is 13.0. The second-order valence-electron chi connectivity index (χ2n) is 11.4. The van der Waals surface area contributed by atoms with Crippen LogP contribution >= 0.6 is 0 Å². The fraction of sp³-hybridized carbons (Fsp3) is 0.939. The minimum atomic E-state index is -0.315. The van der Waals surface area contributed by atoms with Gasteiger partial charge in [0, 0.05) is 0 Å². The molecule has 0 spiro atoms. The predicted molar refractivity (Wildman–Crippen MR) is 156 cm³/mol. The molecule has 0 saturated carbocycles. The maximum atomic E-state index is 12.9. The van der Waals surface area contributed by atoms with Crippen LogP contribution in [0.15, 0.2) is 0 Å². The summed E-state index contributed by atoms with van der Waals surface area (Å²) in [6.07, 6.45) is 30.7. The Hall–Kier alpha value is -0.860. The van der Waals surface area contributed by atoms with E-state index in [2.05, 4.69) is 20.8 Å². The van der Waals surface area contributed by atoms with Crippen LogP contribution in [-0.4, -0.2) is 11.9 Å². The SMILES string of the molecule is CCCCCCCCCCCCCC(CCCCCCCCCCC)C(=O)OC(=O)C(C)CCCC. The summed E-state index contributed by atoms with van der Waals surface area (Å²) in [5.41, 5.74) is 0. The molecule has 0 aromatic rings. The van der Waals surface area contributed by atoms with Gasteiger partial charge in [0.25, 0.3) is 0 Å². The topological polar surface area (TPSA) is 43.4 Å². The van der Waals surface area contributed by atoms with Crippen molar-refractivity contribution in [2.45, 2.75) is 188 Å². The first-order chi connectivity index (χ1) is 17.6. The lowest BCUT2D eigenvalue weighted by atomic mass is 9.94. The van der Waals surface area contributed by atoms with Crippen LogP contribution in [0.4, 0.5) is 0 Å². The second-order valence-corrected chi connectivity index (χ2v) is 11.4. The number of unbranched alkanes of at least 4 members (excludes halogenated alkanes) is 19. The molecule has 0 radical (unpaired) electrons. The first-order valence-corrected chi connectivity index (χ1v) is 16.3. The molecule has 2 unspecified atom stereocenters. The smallest absolute Gasteiger partial charge is 0.316 e. The molecule has 0 fully saturated rings. The number of hydrogen-bond donors (Lipinski definition) is 0. The Morgan fingerprint density at radius 3 is 1.14 bits per heavy atom. The molecule has 0 N–H and O–H groups in total. The van der Waals surface area contributed by atoms with Crippen molar-refractivity contribution in [1.82, 2.24) is 0 Å². The monoisotopic (exact) mass is 508 g/mol. The maximum absolute atomic E-state index is 12.9. The molecule has 0 bridgehead atoms. The van der Waals surface area contributed by atoms with Gasteiger partial charge in [0.1, 0.15) is 0 Å². The van der Waals surface area contributed by atoms with Gasteiger partial charge in [-0.3, -0.25) is 9.59 Å². The Morgan fingerprint density at radius 1 is 0.444 bits per heavy atom. The number of carbonyl (C=O) groups excluding carboxylic acids is 2. The Labute approximate surface area is 226 Å². The molecule has 0 aliphatic heterocycles. The van der Waals surface area contributed by atoms with Gasteiger partial charge in [-0.05, 0) is 19.3 Å². The molecule has 3 heteroatoms. The zero-order valence-electron chi connectivity index (χ0n) is 25.1. The van der Waals surface area contributed by atoms with Crippen molar-refractivity contribution < 1.29 is 14.3 Å². The van der Waals surface area contributed by atoms with Gasteiger partial charge >= 0.3 is 11.9 Å². The van der Waals surface area contributed by atoms with Crippen LogP contribution in [-0.2, 0) is 14.3 Å². The molecule has 214 valence electrons. The van der Waals surface area contributed by atoms with E-state index in [1.807, 2.05) is 6.92 Å². The summed E-state index contributed by atoms with van der Waals surface area (Å²) in [6.45, 7) is 8.55. The van der Waals surface area contributed by atoms with Crippen LogP contribution in [0.5, 0.6) is 0 Å². The lowest BCUT2D eigenvalue weighted by Gasteiger charge is -2.17. The van der Waals surface area contributed by atoms with Crippen LogP contribution < -0.4 is 0 Å². The van der Waals surface area contributed by atoms with E-state index < -0.39 is 0 Å². The van der Waals surface area contributed by atoms with Crippen molar-refractivity contribution >= 4 is 11.9 Å². The zero-order chi connectivity index (χ0) is 26.7. The molecule has 36 heavy (non-hydrogen) atoms. The lowest BCUT2D eigenvalue weighted by Crippen LogP contribution is -2.25. The van der Waals surface area contributed by atoms with Gasteiger partial charge in [0.05, 0.1) is 11.8 Å².